The Bertz CT molecular complexity index is 611. The molecule has 0 spiro atoms. The lowest BCUT2D eigenvalue weighted by atomic mass is 9.95. The van der Waals surface area contributed by atoms with Crippen LogP contribution in [-0.4, -0.2) is 11.4 Å². The van der Waals surface area contributed by atoms with Crippen LogP contribution < -0.4 is 0 Å². The summed E-state index contributed by atoms with van der Waals surface area (Å²) in [6.45, 7) is 2.91. The van der Waals surface area contributed by atoms with Crippen LogP contribution in [0.3, 0.4) is 0 Å². The number of rotatable bonds is 2. The highest BCUT2D eigenvalue weighted by atomic mass is 15.1. The first-order valence-electron chi connectivity index (χ1n) is 6.64. The van der Waals surface area contributed by atoms with E-state index in [1.54, 1.807) is 0 Å². The summed E-state index contributed by atoms with van der Waals surface area (Å²) in [6.07, 6.45) is 1.04. The van der Waals surface area contributed by atoms with Gasteiger partial charge in [-0.2, -0.15) is 5.26 Å². The van der Waals surface area contributed by atoms with E-state index in [2.05, 4.69) is 41.3 Å². The van der Waals surface area contributed by atoms with Crippen LogP contribution in [-0.2, 0) is 19.5 Å². The number of fused-ring (bicyclic) bond motifs is 1. The number of hydrogen-bond acceptors (Lipinski definition) is 2. The van der Waals surface area contributed by atoms with Crippen molar-refractivity contribution in [2.75, 3.05) is 6.54 Å². The molecule has 0 amide bonds. The zero-order valence-corrected chi connectivity index (χ0v) is 10.8. The molecule has 1 heterocycles. The molecular formula is C17H16N2. The lowest BCUT2D eigenvalue weighted by Gasteiger charge is -2.29. The minimum absolute atomic E-state index is 0.829. The van der Waals surface area contributed by atoms with E-state index in [0.29, 0.717) is 0 Å². The number of nitriles is 1. The second-order valence-corrected chi connectivity index (χ2v) is 5.00. The Balaban J connectivity index is 1.81. The minimum atomic E-state index is 0.829. The fourth-order valence-corrected chi connectivity index (χ4v) is 2.72. The molecule has 0 saturated carbocycles. The number of hydrogen-bond donors (Lipinski definition) is 0. The molecule has 0 aromatic heterocycles. The van der Waals surface area contributed by atoms with Gasteiger partial charge in [-0.1, -0.05) is 42.5 Å². The molecule has 0 fully saturated rings. The predicted octanol–water partition coefficient (Wildman–Crippen LogP) is 3.12. The van der Waals surface area contributed by atoms with Gasteiger partial charge in [0, 0.05) is 19.6 Å². The van der Waals surface area contributed by atoms with E-state index in [1.165, 1.54) is 16.7 Å². The Morgan fingerprint density at radius 3 is 2.68 bits per heavy atom. The molecule has 2 heteroatoms. The highest BCUT2D eigenvalue weighted by Crippen LogP contribution is 2.23. The van der Waals surface area contributed by atoms with Crippen molar-refractivity contribution in [2.24, 2.45) is 0 Å². The third kappa shape index (κ3) is 2.52. The van der Waals surface area contributed by atoms with Crippen LogP contribution in [0.25, 0.3) is 0 Å². The van der Waals surface area contributed by atoms with Crippen LogP contribution >= 0.6 is 0 Å². The van der Waals surface area contributed by atoms with E-state index in [0.717, 1.165) is 31.6 Å². The van der Waals surface area contributed by atoms with Gasteiger partial charge in [-0.3, -0.25) is 4.90 Å². The molecule has 0 N–H and O–H groups in total. The molecule has 0 saturated heterocycles. The van der Waals surface area contributed by atoms with Gasteiger partial charge in [-0.15, -0.1) is 0 Å². The van der Waals surface area contributed by atoms with Crippen molar-refractivity contribution in [3.8, 4) is 6.07 Å². The summed E-state index contributed by atoms with van der Waals surface area (Å²) in [5.41, 5.74) is 4.71. The van der Waals surface area contributed by atoms with E-state index >= 15 is 0 Å². The fourth-order valence-electron chi connectivity index (χ4n) is 2.72. The summed E-state index contributed by atoms with van der Waals surface area (Å²) in [7, 11) is 0. The summed E-state index contributed by atoms with van der Waals surface area (Å²) in [5.74, 6) is 0. The van der Waals surface area contributed by atoms with Crippen molar-refractivity contribution in [1.82, 2.24) is 4.90 Å². The van der Waals surface area contributed by atoms with Gasteiger partial charge in [0.15, 0.2) is 0 Å². The van der Waals surface area contributed by atoms with Crippen LogP contribution in [0.5, 0.6) is 0 Å². The van der Waals surface area contributed by atoms with Crippen LogP contribution in [0.2, 0.25) is 0 Å². The van der Waals surface area contributed by atoms with Gasteiger partial charge in [-0.05, 0) is 29.2 Å². The van der Waals surface area contributed by atoms with Gasteiger partial charge in [-0.25, -0.2) is 0 Å². The van der Waals surface area contributed by atoms with Crippen LogP contribution in [0, 0.1) is 11.3 Å². The van der Waals surface area contributed by atoms with Gasteiger partial charge in [0.2, 0.25) is 0 Å². The average molecular weight is 248 g/mol. The third-order valence-corrected chi connectivity index (χ3v) is 3.72. The molecule has 0 aliphatic carbocycles. The van der Waals surface area contributed by atoms with E-state index in [4.69, 9.17) is 0 Å². The smallest absolute Gasteiger partial charge is 0.0995 e. The Morgan fingerprint density at radius 2 is 1.89 bits per heavy atom. The maximum atomic E-state index is 9.20. The standard InChI is InChI=1S/C17H16N2/c18-11-16-8-4-7-15-9-10-19(13-17(15)16)12-14-5-2-1-3-6-14/h1-8H,9-10,12-13H2. The molecule has 2 nitrogen and oxygen atoms in total. The molecule has 0 bridgehead atoms. The van der Waals surface area contributed by atoms with Gasteiger partial charge in [0.25, 0.3) is 0 Å². The maximum absolute atomic E-state index is 9.20. The Morgan fingerprint density at radius 1 is 1.05 bits per heavy atom. The molecule has 3 rings (SSSR count). The maximum Gasteiger partial charge on any atom is 0.0995 e. The van der Waals surface area contributed by atoms with Gasteiger partial charge < -0.3 is 0 Å². The predicted molar refractivity (Wildman–Crippen MR) is 75.4 cm³/mol. The van der Waals surface area contributed by atoms with E-state index in [1.807, 2.05) is 18.2 Å². The first-order chi connectivity index (χ1) is 9.36. The van der Waals surface area contributed by atoms with Crippen molar-refractivity contribution in [3.63, 3.8) is 0 Å². The Labute approximate surface area is 113 Å². The molecule has 19 heavy (non-hydrogen) atoms. The first-order valence-corrected chi connectivity index (χ1v) is 6.64. The van der Waals surface area contributed by atoms with Crippen molar-refractivity contribution < 1.29 is 0 Å². The zero-order chi connectivity index (χ0) is 13.1. The van der Waals surface area contributed by atoms with Crippen LogP contribution in [0.4, 0.5) is 0 Å². The topological polar surface area (TPSA) is 27.0 Å². The van der Waals surface area contributed by atoms with Gasteiger partial charge in [0.1, 0.15) is 0 Å². The highest BCUT2D eigenvalue weighted by molar-refractivity contribution is 5.44. The van der Waals surface area contributed by atoms with Crippen molar-refractivity contribution in [1.29, 1.82) is 5.26 Å². The summed E-state index contributed by atoms with van der Waals surface area (Å²) < 4.78 is 0. The molecule has 0 radical (unpaired) electrons. The third-order valence-electron chi connectivity index (χ3n) is 3.72. The molecule has 0 unspecified atom stereocenters. The van der Waals surface area contributed by atoms with Gasteiger partial charge in [0.05, 0.1) is 11.6 Å². The second kappa shape index (κ2) is 5.26. The summed E-state index contributed by atoms with van der Waals surface area (Å²) in [4.78, 5) is 2.42. The lowest BCUT2D eigenvalue weighted by molar-refractivity contribution is 0.245. The van der Waals surface area contributed by atoms with Gasteiger partial charge >= 0.3 is 0 Å². The largest absolute Gasteiger partial charge is 0.294 e. The normalized spacial score (nSPS) is 14.7. The summed E-state index contributed by atoms with van der Waals surface area (Å²) >= 11 is 0. The molecule has 1 aliphatic heterocycles. The monoisotopic (exact) mass is 248 g/mol. The number of nitrogens with zero attached hydrogens (tertiary/aromatic N) is 2. The molecular weight excluding hydrogens is 232 g/mol. The van der Waals surface area contributed by atoms with E-state index < -0.39 is 0 Å². The van der Waals surface area contributed by atoms with E-state index in [9.17, 15) is 5.26 Å². The van der Waals surface area contributed by atoms with Crippen molar-refractivity contribution >= 4 is 0 Å². The van der Waals surface area contributed by atoms with Crippen molar-refractivity contribution in [2.45, 2.75) is 19.5 Å². The second-order valence-electron chi connectivity index (χ2n) is 5.00. The van der Waals surface area contributed by atoms with Crippen LogP contribution in [0.1, 0.15) is 22.3 Å². The Kier molecular flexibility index (Phi) is 3.31. The van der Waals surface area contributed by atoms with Crippen molar-refractivity contribution in [3.05, 3.63) is 70.8 Å². The number of benzene rings is 2. The molecule has 0 atom stereocenters. The first kappa shape index (κ1) is 12.0. The SMILES string of the molecule is N#Cc1cccc2c1CN(Cc1ccccc1)CC2. The quantitative estimate of drug-likeness (QED) is 0.816. The zero-order valence-electron chi connectivity index (χ0n) is 10.8. The highest BCUT2D eigenvalue weighted by Gasteiger charge is 2.18. The Hall–Kier alpha value is -2.11. The summed E-state index contributed by atoms with van der Waals surface area (Å²) in [6, 6.07) is 18.9. The molecule has 2 aromatic rings. The minimum Gasteiger partial charge on any atom is -0.294 e. The average Bonchev–Trinajstić information content (AvgIpc) is 2.47. The van der Waals surface area contributed by atoms with Crippen LogP contribution in [0.15, 0.2) is 48.5 Å². The lowest BCUT2D eigenvalue weighted by Crippen LogP contribution is -2.30. The fraction of sp³-hybridized carbons (Fsp3) is 0.235. The van der Waals surface area contributed by atoms with E-state index in [-0.39, 0.29) is 0 Å². The molecule has 1 aliphatic rings. The molecule has 94 valence electrons. The molecule has 2 aromatic carbocycles. The summed E-state index contributed by atoms with van der Waals surface area (Å²) in [5, 5.41) is 9.20.